The lowest BCUT2D eigenvalue weighted by Gasteiger charge is -2.32. The maximum absolute atomic E-state index is 9.24. The minimum Gasteiger partial charge on any atom is -0.396 e. The number of hydrogen-bond donors (Lipinski definition) is 3. The second-order valence-electron chi connectivity index (χ2n) is 7.59. The molecule has 0 radical (unpaired) electrons. The Morgan fingerprint density at radius 1 is 1.36 bits per heavy atom. The van der Waals surface area contributed by atoms with Crippen LogP contribution in [0.1, 0.15) is 50.8 Å². The van der Waals surface area contributed by atoms with Gasteiger partial charge in [-0.15, -0.1) is 35.3 Å². The number of aliphatic imine (C=N–C) groups is 1. The second kappa shape index (κ2) is 15.5. The van der Waals surface area contributed by atoms with Crippen molar-refractivity contribution in [3.05, 3.63) is 22.4 Å². The molecule has 1 aromatic rings. The monoisotopic (exact) mass is 522 g/mol. The zero-order valence-corrected chi connectivity index (χ0v) is 20.7. The van der Waals surface area contributed by atoms with Crippen molar-refractivity contribution < 1.29 is 5.11 Å². The van der Waals surface area contributed by atoms with Gasteiger partial charge in [-0.3, -0.25) is 9.89 Å². The summed E-state index contributed by atoms with van der Waals surface area (Å²) < 4.78 is 0. The fourth-order valence-corrected chi connectivity index (χ4v) is 4.55. The molecular weight excluding hydrogens is 483 g/mol. The first kappa shape index (κ1) is 25.7. The molecule has 0 saturated carbocycles. The minimum absolute atomic E-state index is 0. The molecule has 1 fully saturated rings. The van der Waals surface area contributed by atoms with Crippen molar-refractivity contribution in [2.24, 2.45) is 16.8 Å². The molecule has 2 unspecified atom stereocenters. The Labute approximate surface area is 192 Å². The molecule has 2 rings (SSSR count). The maximum atomic E-state index is 9.24. The SMILES string of the molecule is CCCC(CCO)CN=C(NCC)NCC1CCCN(Cc2cccs2)C1.I. The summed E-state index contributed by atoms with van der Waals surface area (Å²) in [6.45, 7) is 10.7. The van der Waals surface area contributed by atoms with Crippen LogP contribution in [0.2, 0.25) is 0 Å². The zero-order valence-electron chi connectivity index (χ0n) is 17.5. The lowest BCUT2D eigenvalue weighted by Crippen LogP contribution is -2.44. The highest BCUT2D eigenvalue weighted by Crippen LogP contribution is 2.20. The van der Waals surface area contributed by atoms with Gasteiger partial charge in [0.25, 0.3) is 0 Å². The predicted octanol–water partition coefficient (Wildman–Crippen LogP) is 3.93. The van der Waals surface area contributed by atoms with E-state index in [-0.39, 0.29) is 30.6 Å². The average Bonchev–Trinajstić information content (AvgIpc) is 3.17. The van der Waals surface area contributed by atoms with Crippen molar-refractivity contribution in [3.8, 4) is 0 Å². The Kier molecular flexibility index (Phi) is 14.2. The lowest BCUT2D eigenvalue weighted by molar-refractivity contribution is 0.169. The molecule has 162 valence electrons. The molecular formula is C21H39IN4OS. The van der Waals surface area contributed by atoms with E-state index in [4.69, 9.17) is 4.99 Å². The Hall–Kier alpha value is -0.380. The average molecular weight is 523 g/mol. The summed E-state index contributed by atoms with van der Waals surface area (Å²) in [7, 11) is 0. The summed E-state index contributed by atoms with van der Waals surface area (Å²) in [5.74, 6) is 2.07. The van der Waals surface area contributed by atoms with E-state index in [9.17, 15) is 5.11 Å². The van der Waals surface area contributed by atoms with Crippen molar-refractivity contribution in [3.63, 3.8) is 0 Å². The molecule has 7 heteroatoms. The van der Waals surface area contributed by atoms with Gasteiger partial charge in [-0.2, -0.15) is 0 Å². The summed E-state index contributed by atoms with van der Waals surface area (Å²) >= 11 is 1.86. The molecule has 2 atom stereocenters. The molecule has 1 aliphatic heterocycles. The normalized spacial score (nSPS) is 19.1. The van der Waals surface area contributed by atoms with E-state index in [1.807, 2.05) is 11.3 Å². The maximum Gasteiger partial charge on any atom is 0.191 e. The molecule has 1 saturated heterocycles. The summed E-state index contributed by atoms with van der Waals surface area (Å²) in [6.07, 6.45) is 5.68. The van der Waals surface area contributed by atoms with Gasteiger partial charge in [-0.25, -0.2) is 0 Å². The first-order valence-electron chi connectivity index (χ1n) is 10.6. The summed E-state index contributed by atoms with van der Waals surface area (Å²) in [5, 5.41) is 18.3. The minimum atomic E-state index is 0. The summed E-state index contributed by atoms with van der Waals surface area (Å²) in [4.78, 5) is 8.84. The Morgan fingerprint density at radius 3 is 2.89 bits per heavy atom. The number of aliphatic hydroxyl groups is 1. The van der Waals surface area contributed by atoms with E-state index in [1.165, 1.54) is 24.3 Å². The number of hydrogen-bond acceptors (Lipinski definition) is 4. The number of rotatable bonds is 11. The molecule has 2 heterocycles. The Morgan fingerprint density at radius 2 is 2.21 bits per heavy atom. The van der Waals surface area contributed by atoms with Gasteiger partial charge in [-0.1, -0.05) is 19.4 Å². The van der Waals surface area contributed by atoms with E-state index in [0.717, 1.165) is 57.9 Å². The topological polar surface area (TPSA) is 59.9 Å². The highest BCUT2D eigenvalue weighted by Gasteiger charge is 2.20. The Bertz CT molecular complexity index is 520. The molecule has 0 amide bonds. The van der Waals surface area contributed by atoms with E-state index in [2.05, 4.69) is 46.9 Å². The highest BCUT2D eigenvalue weighted by atomic mass is 127. The predicted molar refractivity (Wildman–Crippen MR) is 132 cm³/mol. The van der Waals surface area contributed by atoms with E-state index >= 15 is 0 Å². The van der Waals surface area contributed by atoms with Gasteiger partial charge in [0, 0.05) is 44.2 Å². The number of guanidine groups is 1. The van der Waals surface area contributed by atoms with Crippen LogP contribution >= 0.6 is 35.3 Å². The van der Waals surface area contributed by atoms with Crippen LogP contribution in [0.4, 0.5) is 0 Å². The molecule has 28 heavy (non-hydrogen) atoms. The third-order valence-corrected chi connectivity index (χ3v) is 6.07. The van der Waals surface area contributed by atoms with Crippen LogP contribution in [0.15, 0.2) is 22.5 Å². The number of halogens is 1. The molecule has 5 nitrogen and oxygen atoms in total. The fraction of sp³-hybridized carbons (Fsp3) is 0.762. The zero-order chi connectivity index (χ0) is 19.3. The van der Waals surface area contributed by atoms with Gasteiger partial charge >= 0.3 is 0 Å². The summed E-state index contributed by atoms with van der Waals surface area (Å²) in [6, 6.07) is 4.38. The standard InChI is InChI=1S/C21H38N4OS.HI/c1-3-7-18(10-12-26)14-23-21(22-4-2)24-15-19-8-5-11-25(16-19)17-20-9-6-13-27-20;/h6,9,13,18-19,26H,3-5,7-8,10-12,14-17H2,1-2H3,(H2,22,23,24);1H. The molecule has 0 aromatic carbocycles. The van der Waals surface area contributed by atoms with E-state index < -0.39 is 0 Å². The van der Waals surface area contributed by atoms with Crippen molar-refractivity contribution in [2.45, 2.75) is 52.5 Å². The second-order valence-corrected chi connectivity index (χ2v) is 8.62. The van der Waals surface area contributed by atoms with Gasteiger partial charge < -0.3 is 15.7 Å². The number of piperidine rings is 1. The van der Waals surface area contributed by atoms with Crippen LogP contribution in [0.25, 0.3) is 0 Å². The Balaban J connectivity index is 0.00000392. The smallest absolute Gasteiger partial charge is 0.191 e. The molecule has 0 bridgehead atoms. The molecule has 0 aliphatic carbocycles. The number of thiophene rings is 1. The van der Waals surface area contributed by atoms with Crippen LogP contribution in [0.5, 0.6) is 0 Å². The van der Waals surface area contributed by atoms with Gasteiger partial charge in [0.1, 0.15) is 0 Å². The quantitative estimate of drug-likeness (QED) is 0.234. The van der Waals surface area contributed by atoms with Gasteiger partial charge in [0.2, 0.25) is 0 Å². The third kappa shape index (κ3) is 9.89. The van der Waals surface area contributed by atoms with Crippen LogP contribution in [0.3, 0.4) is 0 Å². The van der Waals surface area contributed by atoms with Gasteiger partial charge in [0.15, 0.2) is 5.96 Å². The highest BCUT2D eigenvalue weighted by molar-refractivity contribution is 14.0. The lowest BCUT2D eigenvalue weighted by atomic mass is 9.98. The first-order chi connectivity index (χ1) is 13.2. The van der Waals surface area contributed by atoms with Crippen molar-refractivity contribution in [2.75, 3.05) is 39.3 Å². The van der Waals surface area contributed by atoms with Gasteiger partial charge in [0.05, 0.1) is 0 Å². The van der Waals surface area contributed by atoms with Crippen molar-refractivity contribution in [1.82, 2.24) is 15.5 Å². The molecule has 3 N–H and O–H groups in total. The van der Waals surface area contributed by atoms with E-state index in [1.54, 1.807) is 0 Å². The summed E-state index contributed by atoms with van der Waals surface area (Å²) in [5.41, 5.74) is 0. The number of nitrogens with one attached hydrogen (secondary N) is 2. The fourth-order valence-electron chi connectivity index (χ4n) is 3.81. The van der Waals surface area contributed by atoms with Crippen LogP contribution in [-0.4, -0.2) is 55.3 Å². The van der Waals surface area contributed by atoms with Crippen LogP contribution in [0, 0.1) is 11.8 Å². The van der Waals surface area contributed by atoms with Crippen LogP contribution in [-0.2, 0) is 6.54 Å². The first-order valence-corrected chi connectivity index (χ1v) is 11.5. The van der Waals surface area contributed by atoms with Crippen molar-refractivity contribution >= 4 is 41.3 Å². The molecule has 0 spiro atoms. The van der Waals surface area contributed by atoms with Crippen LogP contribution < -0.4 is 10.6 Å². The largest absolute Gasteiger partial charge is 0.396 e. The number of nitrogens with zero attached hydrogens (tertiary/aromatic N) is 2. The molecule has 1 aliphatic rings. The number of aliphatic hydroxyl groups excluding tert-OH is 1. The van der Waals surface area contributed by atoms with Gasteiger partial charge in [-0.05, 0) is 62.4 Å². The van der Waals surface area contributed by atoms with E-state index in [0.29, 0.717) is 11.8 Å². The third-order valence-electron chi connectivity index (χ3n) is 5.21. The van der Waals surface area contributed by atoms with Crippen molar-refractivity contribution in [1.29, 1.82) is 0 Å². The number of likely N-dealkylation sites (tertiary alicyclic amines) is 1. The molecule has 1 aromatic heterocycles.